The fourth-order valence-electron chi connectivity index (χ4n) is 3.38. The average molecular weight is 377 g/mol. The zero-order valence-electron chi connectivity index (χ0n) is 14.2. The maximum absolute atomic E-state index is 14.1. The quantitative estimate of drug-likeness (QED) is 0.581. The fraction of sp³-hybridized carbons (Fsp3) is 0.316. The van der Waals surface area contributed by atoms with E-state index in [0.29, 0.717) is 18.0 Å². The number of amides is 1. The van der Waals surface area contributed by atoms with E-state index >= 15 is 0 Å². The fourth-order valence-corrected chi connectivity index (χ4v) is 3.59. The smallest absolute Gasteiger partial charge is 0.276 e. The van der Waals surface area contributed by atoms with Crippen molar-refractivity contribution >= 4 is 23.2 Å². The monoisotopic (exact) mass is 376 g/mol. The minimum atomic E-state index is -0.746. The normalized spacial score (nSPS) is 16.7. The molecule has 0 radical (unpaired) electrons. The van der Waals surface area contributed by atoms with Crippen LogP contribution in [0, 0.1) is 22.9 Å². The zero-order valence-corrected chi connectivity index (χ0v) is 15.0. The van der Waals surface area contributed by atoms with Gasteiger partial charge in [0, 0.05) is 29.2 Å². The Morgan fingerprint density at radius 2 is 2.12 bits per heavy atom. The standard InChI is InChI=1S/C19H18ClFN2O3/c1-12-17(21)10-14(11-18(12)23(25)26)19(24)22-8-4-6-15(22)9-13-5-2-3-7-16(13)20/h2-3,5,7,10-11,15H,4,6,8-9H2,1H3. The van der Waals surface area contributed by atoms with E-state index in [1.807, 2.05) is 18.2 Å². The molecule has 1 unspecified atom stereocenters. The third-order valence-electron chi connectivity index (χ3n) is 4.81. The Hall–Kier alpha value is -2.47. The lowest BCUT2D eigenvalue weighted by Gasteiger charge is -2.25. The van der Waals surface area contributed by atoms with Crippen molar-refractivity contribution in [3.8, 4) is 0 Å². The number of rotatable bonds is 4. The molecule has 1 aliphatic rings. The van der Waals surface area contributed by atoms with Crippen molar-refractivity contribution < 1.29 is 14.1 Å². The van der Waals surface area contributed by atoms with Crippen LogP contribution in [0.2, 0.25) is 5.02 Å². The maximum Gasteiger partial charge on any atom is 0.276 e. The van der Waals surface area contributed by atoms with Gasteiger partial charge in [0.15, 0.2) is 0 Å². The van der Waals surface area contributed by atoms with Crippen molar-refractivity contribution in [2.24, 2.45) is 0 Å². The van der Waals surface area contributed by atoms with Crippen molar-refractivity contribution in [3.63, 3.8) is 0 Å². The van der Waals surface area contributed by atoms with Gasteiger partial charge < -0.3 is 4.90 Å². The molecule has 0 bridgehead atoms. The second kappa shape index (κ2) is 7.41. The van der Waals surface area contributed by atoms with Crippen LogP contribution in [0.5, 0.6) is 0 Å². The van der Waals surface area contributed by atoms with Gasteiger partial charge >= 0.3 is 0 Å². The molecule has 1 aliphatic heterocycles. The summed E-state index contributed by atoms with van der Waals surface area (Å²) in [5.74, 6) is -1.13. The number of likely N-dealkylation sites (tertiary alicyclic amines) is 1. The molecule has 1 amide bonds. The first-order valence-electron chi connectivity index (χ1n) is 8.37. The predicted molar refractivity (Wildman–Crippen MR) is 97.0 cm³/mol. The van der Waals surface area contributed by atoms with Gasteiger partial charge in [-0.15, -0.1) is 0 Å². The lowest BCUT2D eigenvalue weighted by molar-refractivity contribution is -0.385. The maximum atomic E-state index is 14.1. The number of hydrogen-bond acceptors (Lipinski definition) is 3. The molecule has 1 saturated heterocycles. The molecular weight excluding hydrogens is 359 g/mol. The highest BCUT2D eigenvalue weighted by Gasteiger charge is 2.31. The minimum Gasteiger partial charge on any atom is -0.335 e. The van der Waals surface area contributed by atoms with E-state index in [1.54, 1.807) is 11.0 Å². The highest BCUT2D eigenvalue weighted by Crippen LogP contribution is 2.28. The van der Waals surface area contributed by atoms with Crippen LogP contribution in [0.15, 0.2) is 36.4 Å². The minimum absolute atomic E-state index is 0.00542. The highest BCUT2D eigenvalue weighted by molar-refractivity contribution is 6.31. The first-order chi connectivity index (χ1) is 12.4. The van der Waals surface area contributed by atoms with Gasteiger partial charge in [0.05, 0.1) is 10.5 Å². The van der Waals surface area contributed by atoms with Gasteiger partial charge in [0.25, 0.3) is 11.6 Å². The van der Waals surface area contributed by atoms with Crippen molar-refractivity contribution in [1.82, 2.24) is 4.90 Å². The lowest BCUT2D eigenvalue weighted by atomic mass is 10.0. The molecule has 0 N–H and O–H groups in total. The second-order valence-corrected chi connectivity index (χ2v) is 6.86. The number of hydrogen-bond donors (Lipinski definition) is 0. The number of carbonyl (C=O) groups is 1. The molecule has 1 heterocycles. The SMILES string of the molecule is Cc1c(F)cc(C(=O)N2CCCC2Cc2ccccc2Cl)cc1[N+](=O)[O-]. The molecule has 2 aromatic carbocycles. The Bertz CT molecular complexity index is 872. The summed E-state index contributed by atoms with van der Waals surface area (Å²) in [6, 6.07) is 9.63. The highest BCUT2D eigenvalue weighted by atomic mass is 35.5. The van der Waals surface area contributed by atoms with Gasteiger partial charge in [0.2, 0.25) is 0 Å². The van der Waals surface area contributed by atoms with Crippen molar-refractivity contribution in [1.29, 1.82) is 0 Å². The van der Waals surface area contributed by atoms with E-state index in [4.69, 9.17) is 11.6 Å². The Morgan fingerprint density at radius 3 is 2.81 bits per heavy atom. The van der Waals surface area contributed by atoms with Crippen LogP contribution in [0.1, 0.15) is 34.3 Å². The van der Waals surface area contributed by atoms with E-state index in [0.717, 1.165) is 30.5 Å². The van der Waals surface area contributed by atoms with Gasteiger partial charge in [-0.25, -0.2) is 4.39 Å². The largest absolute Gasteiger partial charge is 0.335 e. The zero-order chi connectivity index (χ0) is 18.8. The third kappa shape index (κ3) is 3.55. The number of nitrogens with zero attached hydrogens (tertiary/aromatic N) is 2. The van der Waals surface area contributed by atoms with E-state index < -0.39 is 10.7 Å². The topological polar surface area (TPSA) is 63.5 Å². The van der Waals surface area contributed by atoms with Gasteiger partial charge in [-0.05, 0) is 43.9 Å². The summed E-state index contributed by atoms with van der Waals surface area (Å²) in [5.41, 5.74) is 0.501. The Morgan fingerprint density at radius 1 is 1.38 bits per heavy atom. The Kier molecular flexibility index (Phi) is 5.23. The first-order valence-corrected chi connectivity index (χ1v) is 8.75. The first kappa shape index (κ1) is 18.3. The molecule has 7 heteroatoms. The average Bonchev–Trinajstić information content (AvgIpc) is 3.06. The van der Waals surface area contributed by atoms with Crippen molar-refractivity contribution in [2.75, 3.05) is 6.54 Å². The molecule has 5 nitrogen and oxygen atoms in total. The Balaban J connectivity index is 1.87. The molecule has 1 fully saturated rings. The van der Waals surface area contributed by atoms with Crippen LogP contribution in [0.25, 0.3) is 0 Å². The second-order valence-electron chi connectivity index (χ2n) is 6.45. The van der Waals surface area contributed by atoms with Crippen LogP contribution >= 0.6 is 11.6 Å². The summed E-state index contributed by atoms with van der Waals surface area (Å²) < 4.78 is 14.1. The molecule has 1 atom stereocenters. The summed E-state index contributed by atoms with van der Waals surface area (Å²) in [6.07, 6.45) is 2.24. The van der Waals surface area contributed by atoms with E-state index in [9.17, 15) is 19.3 Å². The molecule has 3 rings (SSSR count). The van der Waals surface area contributed by atoms with Gasteiger partial charge in [-0.2, -0.15) is 0 Å². The molecular formula is C19H18ClFN2O3. The number of halogens is 2. The summed E-state index contributed by atoms with van der Waals surface area (Å²) in [6.45, 7) is 1.87. The van der Waals surface area contributed by atoms with E-state index in [1.165, 1.54) is 6.92 Å². The van der Waals surface area contributed by atoms with Crippen molar-refractivity contribution in [3.05, 3.63) is 74.0 Å². The van der Waals surface area contributed by atoms with E-state index in [2.05, 4.69) is 0 Å². The molecule has 0 aliphatic carbocycles. The van der Waals surface area contributed by atoms with Crippen LogP contribution < -0.4 is 0 Å². The van der Waals surface area contributed by atoms with Crippen LogP contribution in [0.3, 0.4) is 0 Å². The van der Waals surface area contributed by atoms with Gasteiger partial charge in [0.1, 0.15) is 5.82 Å². The molecule has 136 valence electrons. The van der Waals surface area contributed by atoms with Crippen LogP contribution in [-0.4, -0.2) is 28.3 Å². The summed E-state index contributed by atoms with van der Waals surface area (Å²) in [4.78, 5) is 25.0. The molecule has 0 spiro atoms. The summed E-state index contributed by atoms with van der Waals surface area (Å²) in [5, 5.41) is 11.8. The van der Waals surface area contributed by atoms with E-state index in [-0.39, 0.29) is 28.8 Å². The van der Waals surface area contributed by atoms with Gasteiger partial charge in [-0.1, -0.05) is 29.8 Å². The van der Waals surface area contributed by atoms with Crippen LogP contribution in [-0.2, 0) is 6.42 Å². The molecule has 0 aromatic heterocycles. The summed E-state index contributed by atoms with van der Waals surface area (Å²) >= 11 is 6.21. The summed E-state index contributed by atoms with van der Waals surface area (Å²) in [7, 11) is 0. The van der Waals surface area contributed by atoms with Crippen LogP contribution in [0.4, 0.5) is 10.1 Å². The predicted octanol–water partition coefficient (Wildman–Crippen LogP) is 4.54. The van der Waals surface area contributed by atoms with Crippen molar-refractivity contribution in [2.45, 2.75) is 32.2 Å². The lowest BCUT2D eigenvalue weighted by Crippen LogP contribution is -2.37. The third-order valence-corrected chi connectivity index (χ3v) is 5.18. The number of carbonyl (C=O) groups excluding carboxylic acids is 1. The number of nitro benzene ring substituents is 1. The molecule has 2 aromatic rings. The molecule has 0 saturated carbocycles. The van der Waals surface area contributed by atoms with Gasteiger partial charge in [-0.3, -0.25) is 14.9 Å². The number of nitro groups is 1. The number of benzene rings is 2. The Labute approximate surface area is 155 Å². The molecule has 26 heavy (non-hydrogen) atoms.